The summed E-state index contributed by atoms with van der Waals surface area (Å²) in [5.41, 5.74) is 1.31. The van der Waals surface area contributed by atoms with Crippen LogP contribution < -0.4 is 9.04 Å². The number of hydrogen-bond donors (Lipinski definition) is 0. The van der Waals surface area contributed by atoms with Crippen LogP contribution in [0.25, 0.3) is 0 Å². The van der Waals surface area contributed by atoms with E-state index in [4.69, 9.17) is 4.74 Å². The smallest absolute Gasteiger partial charge is 0.270 e. The molecule has 1 amide bonds. The van der Waals surface area contributed by atoms with Gasteiger partial charge in [-0.1, -0.05) is 54.1 Å². The topological polar surface area (TPSA) is 63.7 Å². The molecule has 3 aromatic rings. The summed E-state index contributed by atoms with van der Waals surface area (Å²) in [6.45, 7) is 2.23. The number of carbonyl (C=O) groups excluding carboxylic acids is 1. The Morgan fingerprint density at radius 1 is 0.862 bits per heavy atom. The fourth-order valence-electron chi connectivity index (χ4n) is 2.83. The number of hydrogen-bond acceptors (Lipinski definition) is 4. The average molecular weight is 410 g/mol. The normalized spacial score (nSPS) is 11.1. The summed E-state index contributed by atoms with van der Waals surface area (Å²) < 4.78 is 32.9. The van der Waals surface area contributed by atoms with Crippen LogP contribution in [0.1, 0.15) is 18.4 Å². The molecular formula is C23H23NO4S. The monoisotopic (exact) mass is 409 g/mol. The molecule has 0 radical (unpaired) electrons. The predicted octanol–water partition coefficient (Wildman–Crippen LogP) is 4.58. The van der Waals surface area contributed by atoms with Gasteiger partial charge in [-0.3, -0.25) is 4.79 Å². The molecule has 0 fully saturated rings. The van der Waals surface area contributed by atoms with Gasteiger partial charge in [0.2, 0.25) is 5.91 Å². The number of carbonyl (C=O) groups is 1. The van der Waals surface area contributed by atoms with Gasteiger partial charge in [-0.05, 0) is 49.7 Å². The molecule has 0 aliphatic carbocycles. The van der Waals surface area contributed by atoms with E-state index in [-0.39, 0.29) is 11.3 Å². The van der Waals surface area contributed by atoms with Gasteiger partial charge in [0.05, 0.1) is 17.2 Å². The highest BCUT2D eigenvalue weighted by Gasteiger charge is 2.30. The predicted molar refractivity (Wildman–Crippen MR) is 113 cm³/mol. The number of rotatable bonds is 8. The average Bonchev–Trinajstić information content (AvgIpc) is 2.74. The SMILES string of the molecule is Cc1ccc(N(C(=O)CCCOc2ccccc2)S(=O)(=O)c2ccccc2)cc1. The third kappa shape index (κ3) is 5.23. The Morgan fingerprint density at radius 2 is 1.45 bits per heavy atom. The van der Waals surface area contributed by atoms with Crippen molar-refractivity contribution in [3.63, 3.8) is 0 Å². The van der Waals surface area contributed by atoms with Crippen LogP contribution in [0.3, 0.4) is 0 Å². The van der Waals surface area contributed by atoms with Gasteiger partial charge in [0.1, 0.15) is 5.75 Å². The number of aryl methyl sites for hydroxylation is 1. The van der Waals surface area contributed by atoms with Gasteiger partial charge < -0.3 is 4.74 Å². The molecule has 0 spiro atoms. The largest absolute Gasteiger partial charge is 0.494 e. The second kappa shape index (κ2) is 9.39. The maximum atomic E-state index is 13.2. The van der Waals surface area contributed by atoms with Crippen molar-refractivity contribution < 1.29 is 17.9 Å². The summed E-state index contributed by atoms with van der Waals surface area (Å²) in [7, 11) is -4.01. The molecule has 0 aliphatic heterocycles. The highest BCUT2D eigenvalue weighted by atomic mass is 32.2. The number of nitrogens with zero attached hydrogens (tertiary/aromatic N) is 1. The van der Waals surface area contributed by atoms with Gasteiger partial charge >= 0.3 is 0 Å². The minimum absolute atomic E-state index is 0.0484. The van der Waals surface area contributed by atoms with Crippen LogP contribution in [0.4, 0.5) is 5.69 Å². The molecule has 150 valence electrons. The number of anilines is 1. The van der Waals surface area contributed by atoms with E-state index in [9.17, 15) is 13.2 Å². The van der Waals surface area contributed by atoms with E-state index in [1.54, 1.807) is 42.5 Å². The van der Waals surface area contributed by atoms with Crippen molar-refractivity contribution in [2.45, 2.75) is 24.7 Å². The van der Waals surface area contributed by atoms with E-state index in [0.717, 1.165) is 9.87 Å². The van der Waals surface area contributed by atoms with Crippen LogP contribution in [-0.4, -0.2) is 20.9 Å². The lowest BCUT2D eigenvalue weighted by Crippen LogP contribution is -2.37. The zero-order valence-electron chi connectivity index (χ0n) is 16.2. The second-order valence-electron chi connectivity index (χ2n) is 6.58. The highest BCUT2D eigenvalue weighted by molar-refractivity contribution is 7.93. The molecular weight excluding hydrogens is 386 g/mol. The zero-order valence-corrected chi connectivity index (χ0v) is 17.0. The molecule has 3 rings (SSSR count). The zero-order chi connectivity index (χ0) is 20.7. The molecule has 0 unspecified atom stereocenters. The lowest BCUT2D eigenvalue weighted by Gasteiger charge is -2.23. The molecule has 0 saturated carbocycles. The van der Waals surface area contributed by atoms with Gasteiger partial charge in [-0.25, -0.2) is 12.7 Å². The summed E-state index contributed by atoms with van der Waals surface area (Å²) >= 11 is 0. The first kappa shape index (κ1) is 20.6. The van der Waals surface area contributed by atoms with Crippen molar-refractivity contribution in [3.8, 4) is 5.75 Å². The maximum absolute atomic E-state index is 13.2. The second-order valence-corrected chi connectivity index (χ2v) is 8.36. The number of benzene rings is 3. The molecule has 5 nitrogen and oxygen atoms in total. The molecule has 0 N–H and O–H groups in total. The van der Waals surface area contributed by atoms with Crippen molar-refractivity contribution in [1.29, 1.82) is 0 Å². The lowest BCUT2D eigenvalue weighted by molar-refractivity contribution is -0.117. The molecule has 0 bridgehead atoms. The molecule has 3 aromatic carbocycles. The Labute approximate surface area is 171 Å². The Balaban J connectivity index is 1.77. The van der Waals surface area contributed by atoms with Gasteiger partial charge in [-0.2, -0.15) is 0 Å². The molecule has 6 heteroatoms. The molecule has 0 aliphatic rings. The van der Waals surface area contributed by atoms with E-state index >= 15 is 0 Å². The fraction of sp³-hybridized carbons (Fsp3) is 0.174. The first-order valence-electron chi connectivity index (χ1n) is 9.36. The lowest BCUT2D eigenvalue weighted by atomic mass is 10.2. The van der Waals surface area contributed by atoms with Gasteiger partial charge in [-0.15, -0.1) is 0 Å². The minimum Gasteiger partial charge on any atom is -0.494 e. The maximum Gasteiger partial charge on any atom is 0.270 e. The number of amides is 1. The first-order chi connectivity index (χ1) is 14.0. The first-order valence-corrected chi connectivity index (χ1v) is 10.8. The summed E-state index contributed by atoms with van der Waals surface area (Å²) in [5.74, 6) is 0.224. The number of para-hydroxylation sites is 1. The summed E-state index contributed by atoms with van der Waals surface area (Å²) in [6.07, 6.45) is 0.452. The van der Waals surface area contributed by atoms with E-state index < -0.39 is 15.9 Å². The van der Waals surface area contributed by atoms with Crippen molar-refractivity contribution in [2.75, 3.05) is 10.9 Å². The Kier molecular flexibility index (Phi) is 6.67. The molecule has 0 saturated heterocycles. The van der Waals surface area contributed by atoms with E-state index in [2.05, 4.69) is 0 Å². The van der Waals surface area contributed by atoms with Crippen LogP contribution in [-0.2, 0) is 14.8 Å². The van der Waals surface area contributed by atoms with Crippen molar-refractivity contribution in [2.24, 2.45) is 0 Å². The van der Waals surface area contributed by atoms with Crippen molar-refractivity contribution >= 4 is 21.6 Å². The van der Waals surface area contributed by atoms with Gasteiger partial charge in [0, 0.05) is 6.42 Å². The Morgan fingerprint density at radius 3 is 2.07 bits per heavy atom. The van der Waals surface area contributed by atoms with Crippen LogP contribution in [0.2, 0.25) is 0 Å². The fourth-order valence-corrected chi connectivity index (χ4v) is 4.30. The van der Waals surface area contributed by atoms with Crippen LogP contribution in [0.15, 0.2) is 89.8 Å². The van der Waals surface area contributed by atoms with Crippen molar-refractivity contribution in [1.82, 2.24) is 0 Å². The third-order valence-corrected chi connectivity index (χ3v) is 6.09. The minimum atomic E-state index is -4.01. The molecule has 29 heavy (non-hydrogen) atoms. The standard InChI is InChI=1S/C23H23NO4S/c1-19-14-16-20(17-15-19)24(29(26,27)22-11-6-3-7-12-22)23(25)13-8-18-28-21-9-4-2-5-10-21/h2-7,9-12,14-17H,8,13,18H2,1H3. The molecule has 0 aromatic heterocycles. The van der Waals surface area contributed by atoms with Crippen LogP contribution in [0.5, 0.6) is 5.75 Å². The van der Waals surface area contributed by atoms with E-state index in [0.29, 0.717) is 24.5 Å². The molecule has 0 atom stereocenters. The van der Waals surface area contributed by atoms with Gasteiger partial charge in [0.25, 0.3) is 10.0 Å². The Bertz CT molecular complexity index is 1030. The summed E-state index contributed by atoms with van der Waals surface area (Å²) in [5, 5.41) is 0. The highest BCUT2D eigenvalue weighted by Crippen LogP contribution is 2.25. The molecule has 0 heterocycles. The van der Waals surface area contributed by atoms with Crippen LogP contribution >= 0.6 is 0 Å². The third-order valence-electron chi connectivity index (χ3n) is 4.32. The number of sulfonamides is 1. The van der Waals surface area contributed by atoms with E-state index in [1.165, 1.54) is 12.1 Å². The van der Waals surface area contributed by atoms with Crippen molar-refractivity contribution in [3.05, 3.63) is 90.5 Å². The van der Waals surface area contributed by atoms with E-state index in [1.807, 2.05) is 37.3 Å². The van der Waals surface area contributed by atoms with Crippen LogP contribution in [0, 0.1) is 6.92 Å². The summed E-state index contributed by atoms with van der Waals surface area (Å²) in [6, 6.07) is 24.1. The summed E-state index contributed by atoms with van der Waals surface area (Å²) in [4.78, 5) is 13.0. The van der Waals surface area contributed by atoms with Gasteiger partial charge in [0.15, 0.2) is 0 Å². The number of ether oxygens (including phenoxy) is 1. The Hall–Kier alpha value is -3.12. The quantitative estimate of drug-likeness (QED) is 0.511.